The number of halogens is 1. The number of aromatic nitrogens is 2. The fourth-order valence-corrected chi connectivity index (χ4v) is 0.963. The molecule has 0 bridgehead atoms. The summed E-state index contributed by atoms with van der Waals surface area (Å²) in [7, 11) is 1.79. The second-order valence-corrected chi connectivity index (χ2v) is 2.78. The molecular formula is C7H10ClN3O. The van der Waals surface area contributed by atoms with E-state index in [0.717, 1.165) is 5.56 Å². The van der Waals surface area contributed by atoms with Gasteiger partial charge in [-0.3, -0.25) is 9.48 Å². The fraction of sp³-hybridized carbons (Fsp3) is 0.429. The Bertz CT molecular complexity index is 295. The van der Waals surface area contributed by atoms with Gasteiger partial charge in [0.1, 0.15) is 5.88 Å². The van der Waals surface area contributed by atoms with Crippen molar-refractivity contribution in [2.75, 3.05) is 11.2 Å². The third-order valence-corrected chi connectivity index (χ3v) is 1.63. The van der Waals surface area contributed by atoms with Crippen LogP contribution in [0.3, 0.4) is 0 Å². The molecule has 5 heteroatoms. The predicted molar refractivity (Wildman–Crippen MR) is 47.3 cm³/mol. The minimum absolute atomic E-state index is 0.0456. The molecular weight excluding hydrogens is 178 g/mol. The number of rotatable bonds is 2. The van der Waals surface area contributed by atoms with Crippen LogP contribution in [0.2, 0.25) is 0 Å². The number of alkyl halides is 1. The van der Waals surface area contributed by atoms with Crippen molar-refractivity contribution in [1.29, 1.82) is 0 Å². The lowest BCUT2D eigenvalue weighted by molar-refractivity contribution is -0.113. The first-order chi connectivity index (χ1) is 5.63. The van der Waals surface area contributed by atoms with Gasteiger partial charge in [-0.25, -0.2) is 0 Å². The molecule has 1 heterocycles. The summed E-state index contributed by atoms with van der Waals surface area (Å²) in [6.45, 7) is 1.87. The molecule has 0 radical (unpaired) electrons. The Morgan fingerprint density at radius 3 is 2.92 bits per heavy atom. The number of carbonyl (C=O) groups excluding carboxylic acids is 1. The molecule has 0 aliphatic rings. The largest absolute Gasteiger partial charge is 0.308 e. The van der Waals surface area contributed by atoms with Crippen LogP contribution in [0.4, 0.5) is 5.82 Å². The van der Waals surface area contributed by atoms with Gasteiger partial charge in [-0.2, -0.15) is 5.10 Å². The van der Waals surface area contributed by atoms with E-state index in [-0.39, 0.29) is 11.8 Å². The van der Waals surface area contributed by atoms with Crippen molar-refractivity contribution in [3.63, 3.8) is 0 Å². The smallest absolute Gasteiger partial charge is 0.240 e. The van der Waals surface area contributed by atoms with Gasteiger partial charge in [-0.05, 0) is 6.92 Å². The summed E-state index contributed by atoms with van der Waals surface area (Å²) in [5.41, 5.74) is 0.927. The molecule has 0 aliphatic carbocycles. The fourth-order valence-electron chi connectivity index (χ4n) is 0.896. The van der Waals surface area contributed by atoms with Crippen LogP contribution in [0.1, 0.15) is 5.56 Å². The number of amides is 1. The van der Waals surface area contributed by atoms with Crippen LogP contribution in [-0.4, -0.2) is 21.6 Å². The molecule has 0 aromatic carbocycles. The third-order valence-electron chi connectivity index (χ3n) is 1.39. The SMILES string of the molecule is Cc1cn(C)nc1NC(=O)CCl. The minimum atomic E-state index is -0.238. The average Bonchev–Trinajstić information content (AvgIpc) is 2.30. The summed E-state index contributed by atoms with van der Waals surface area (Å²) in [6, 6.07) is 0. The van der Waals surface area contributed by atoms with Crippen LogP contribution in [-0.2, 0) is 11.8 Å². The van der Waals surface area contributed by atoms with Gasteiger partial charge in [0.25, 0.3) is 0 Å². The van der Waals surface area contributed by atoms with Crippen molar-refractivity contribution in [3.05, 3.63) is 11.8 Å². The molecule has 12 heavy (non-hydrogen) atoms. The van der Waals surface area contributed by atoms with E-state index >= 15 is 0 Å². The van der Waals surface area contributed by atoms with Crippen LogP contribution >= 0.6 is 11.6 Å². The quantitative estimate of drug-likeness (QED) is 0.700. The Morgan fingerprint density at radius 1 is 1.83 bits per heavy atom. The highest BCUT2D eigenvalue weighted by molar-refractivity contribution is 6.29. The van der Waals surface area contributed by atoms with Gasteiger partial charge >= 0.3 is 0 Å². The predicted octanol–water partition coefficient (Wildman–Crippen LogP) is 0.906. The van der Waals surface area contributed by atoms with Crippen LogP contribution in [0.25, 0.3) is 0 Å². The second kappa shape index (κ2) is 3.58. The zero-order valence-electron chi connectivity index (χ0n) is 6.97. The van der Waals surface area contributed by atoms with Crippen LogP contribution in [0.15, 0.2) is 6.20 Å². The first kappa shape index (κ1) is 9.06. The minimum Gasteiger partial charge on any atom is -0.308 e. The molecule has 0 atom stereocenters. The van der Waals surface area contributed by atoms with Gasteiger partial charge in [0, 0.05) is 18.8 Å². The Morgan fingerprint density at radius 2 is 2.50 bits per heavy atom. The van der Waals surface area contributed by atoms with Crippen molar-refractivity contribution in [3.8, 4) is 0 Å². The number of anilines is 1. The number of aryl methyl sites for hydroxylation is 2. The Kier molecular flexibility index (Phi) is 2.70. The lowest BCUT2D eigenvalue weighted by Gasteiger charge is -1.97. The molecule has 0 unspecified atom stereocenters. The maximum absolute atomic E-state index is 10.9. The number of carbonyl (C=O) groups is 1. The second-order valence-electron chi connectivity index (χ2n) is 2.52. The highest BCUT2D eigenvalue weighted by Crippen LogP contribution is 2.09. The molecule has 1 amide bonds. The van der Waals surface area contributed by atoms with Crippen molar-refractivity contribution in [1.82, 2.24) is 9.78 Å². The molecule has 1 aromatic rings. The number of nitrogens with one attached hydrogen (secondary N) is 1. The lowest BCUT2D eigenvalue weighted by Crippen LogP contribution is -2.13. The maximum atomic E-state index is 10.9. The van der Waals surface area contributed by atoms with Crippen LogP contribution in [0.5, 0.6) is 0 Å². The molecule has 0 saturated carbocycles. The van der Waals surface area contributed by atoms with Crippen LogP contribution < -0.4 is 5.32 Å². The Hall–Kier alpha value is -1.03. The maximum Gasteiger partial charge on any atom is 0.240 e. The molecule has 0 spiro atoms. The summed E-state index contributed by atoms with van der Waals surface area (Å²) in [5, 5.41) is 6.60. The zero-order chi connectivity index (χ0) is 9.14. The molecule has 0 saturated heterocycles. The highest BCUT2D eigenvalue weighted by Gasteiger charge is 2.05. The Labute approximate surface area is 75.5 Å². The molecule has 1 rings (SSSR count). The van der Waals surface area contributed by atoms with E-state index in [0.29, 0.717) is 5.82 Å². The van der Waals surface area contributed by atoms with Crippen molar-refractivity contribution < 1.29 is 4.79 Å². The van der Waals surface area contributed by atoms with Gasteiger partial charge in [0.15, 0.2) is 5.82 Å². The third kappa shape index (κ3) is 1.98. The van der Waals surface area contributed by atoms with Gasteiger partial charge in [0.2, 0.25) is 5.91 Å². The van der Waals surface area contributed by atoms with E-state index in [4.69, 9.17) is 11.6 Å². The van der Waals surface area contributed by atoms with E-state index in [1.165, 1.54) is 0 Å². The molecule has 1 N–H and O–H groups in total. The van der Waals surface area contributed by atoms with Gasteiger partial charge in [-0.1, -0.05) is 0 Å². The highest BCUT2D eigenvalue weighted by atomic mass is 35.5. The van der Waals surface area contributed by atoms with Gasteiger partial charge in [-0.15, -0.1) is 11.6 Å². The van der Waals surface area contributed by atoms with Gasteiger partial charge < -0.3 is 5.32 Å². The first-order valence-corrected chi connectivity index (χ1v) is 4.03. The number of hydrogen-bond donors (Lipinski definition) is 1. The average molecular weight is 188 g/mol. The summed E-state index contributed by atoms with van der Waals surface area (Å²) < 4.78 is 1.64. The monoisotopic (exact) mass is 187 g/mol. The van der Waals surface area contributed by atoms with Crippen molar-refractivity contribution >= 4 is 23.3 Å². The molecule has 1 aromatic heterocycles. The summed E-state index contributed by atoms with van der Waals surface area (Å²) in [4.78, 5) is 10.9. The summed E-state index contributed by atoms with van der Waals surface area (Å²) >= 11 is 5.31. The molecule has 0 aliphatic heterocycles. The van der Waals surface area contributed by atoms with E-state index in [9.17, 15) is 4.79 Å². The topological polar surface area (TPSA) is 46.9 Å². The van der Waals surface area contributed by atoms with E-state index in [1.807, 2.05) is 13.1 Å². The molecule has 66 valence electrons. The first-order valence-electron chi connectivity index (χ1n) is 3.49. The van der Waals surface area contributed by atoms with Crippen molar-refractivity contribution in [2.45, 2.75) is 6.92 Å². The standard InChI is InChI=1S/C7H10ClN3O/c1-5-4-11(2)10-7(5)9-6(12)3-8/h4H,3H2,1-2H3,(H,9,10,12). The summed E-state index contributed by atoms with van der Waals surface area (Å²) in [6.07, 6.45) is 1.82. The van der Waals surface area contributed by atoms with Crippen molar-refractivity contribution in [2.24, 2.45) is 7.05 Å². The molecule has 4 nitrogen and oxygen atoms in total. The van der Waals surface area contributed by atoms with Crippen LogP contribution in [0, 0.1) is 6.92 Å². The van der Waals surface area contributed by atoms with Gasteiger partial charge in [0.05, 0.1) is 0 Å². The van der Waals surface area contributed by atoms with E-state index in [2.05, 4.69) is 10.4 Å². The van der Waals surface area contributed by atoms with E-state index in [1.54, 1.807) is 11.7 Å². The zero-order valence-corrected chi connectivity index (χ0v) is 7.72. The van der Waals surface area contributed by atoms with E-state index < -0.39 is 0 Å². The lowest BCUT2D eigenvalue weighted by atomic mass is 10.4. The summed E-state index contributed by atoms with van der Waals surface area (Å²) in [5.74, 6) is 0.289. The normalized spacial score (nSPS) is 9.92. The number of hydrogen-bond acceptors (Lipinski definition) is 2. The number of nitrogens with zero attached hydrogens (tertiary/aromatic N) is 2. The Balaban J connectivity index is 2.75. The molecule has 0 fully saturated rings.